The Hall–Kier alpha value is -0.550. The first-order valence-corrected chi connectivity index (χ1v) is 9.66. The van der Waals surface area contributed by atoms with Crippen molar-refractivity contribution in [3.05, 3.63) is 22.4 Å². The van der Waals surface area contributed by atoms with Gasteiger partial charge in [-0.2, -0.15) is 13.2 Å². The fraction of sp³-hybridized carbons (Fsp3) is 0.706. The summed E-state index contributed by atoms with van der Waals surface area (Å²) in [7, 11) is 1.68. The highest BCUT2D eigenvalue weighted by molar-refractivity contribution is 14.0. The van der Waals surface area contributed by atoms with Crippen molar-refractivity contribution in [2.45, 2.75) is 44.3 Å². The summed E-state index contributed by atoms with van der Waals surface area (Å²) in [6, 6.07) is 4.53. The number of alkyl halides is 3. The molecule has 2 rings (SSSR count). The first kappa shape index (κ1) is 23.5. The first-order valence-electron chi connectivity index (χ1n) is 8.78. The molecule has 1 unspecified atom stereocenters. The standard InChI is InChI=1S/C17H27F3N4S.HI/c1-21-16(22-9-3-2-8-17(18,19)20)23-13-14(15-7-6-12-25-15)24-10-4-5-11-24;/h6-7,12,14H,2-5,8-11,13H2,1H3,(H2,21,22,23);1H. The van der Waals surface area contributed by atoms with Gasteiger partial charge in [-0.25, -0.2) is 0 Å². The maximum absolute atomic E-state index is 12.1. The Labute approximate surface area is 174 Å². The van der Waals surface area contributed by atoms with E-state index in [0.717, 1.165) is 19.6 Å². The average molecular weight is 504 g/mol. The van der Waals surface area contributed by atoms with Crippen LogP contribution in [0.3, 0.4) is 0 Å². The molecule has 150 valence electrons. The van der Waals surface area contributed by atoms with Crippen LogP contribution in [0.4, 0.5) is 13.2 Å². The van der Waals surface area contributed by atoms with Crippen molar-refractivity contribution in [1.29, 1.82) is 0 Å². The molecule has 0 radical (unpaired) electrons. The fourth-order valence-corrected chi connectivity index (χ4v) is 3.88. The molecule has 0 bridgehead atoms. The van der Waals surface area contributed by atoms with Gasteiger partial charge >= 0.3 is 6.18 Å². The molecule has 0 aliphatic carbocycles. The van der Waals surface area contributed by atoms with E-state index in [1.165, 1.54) is 17.7 Å². The van der Waals surface area contributed by atoms with E-state index >= 15 is 0 Å². The monoisotopic (exact) mass is 504 g/mol. The molecule has 1 aromatic heterocycles. The van der Waals surface area contributed by atoms with Crippen LogP contribution in [0, 0.1) is 0 Å². The second kappa shape index (κ2) is 12.0. The summed E-state index contributed by atoms with van der Waals surface area (Å²) in [4.78, 5) is 7.98. The minimum atomic E-state index is -4.07. The van der Waals surface area contributed by atoms with E-state index in [-0.39, 0.29) is 30.4 Å². The van der Waals surface area contributed by atoms with Gasteiger partial charge in [0.05, 0.1) is 6.04 Å². The van der Waals surface area contributed by atoms with Gasteiger partial charge in [0.25, 0.3) is 0 Å². The lowest BCUT2D eigenvalue weighted by atomic mass is 10.2. The summed E-state index contributed by atoms with van der Waals surface area (Å²) in [6.45, 7) is 3.44. The van der Waals surface area contributed by atoms with Crippen molar-refractivity contribution < 1.29 is 13.2 Å². The molecule has 1 aromatic rings. The molecule has 2 heterocycles. The van der Waals surface area contributed by atoms with Crippen molar-refractivity contribution in [2.24, 2.45) is 4.99 Å². The Balaban J connectivity index is 0.00000338. The number of rotatable bonds is 8. The molecule has 1 atom stereocenters. The predicted octanol–water partition coefficient (Wildman–Crippen LogP) is 4.40. The van der Waals surface area contributed by atoms with E-state index in [2.05, 4.69) is 38.0 Å². The molecule has 1 aliphatic heterocycles. The molecule has 2 N–H and O–H groups in total. The number of unbranched alkanes of at least 4 members (excludes halogenated alkanes) is 1. The van der Waals surface area contributed by atoms with Crippen LogP contribution in [-0.4, -0.2) is 50.3 Å². The van der Waals surface area contributed by atoms with Gasteiger partial charge < -0.3 is 10.6 Å². The number of halogens is 4. The molecular weight excluding hydrogens is 476 g/mol. The zero-order valence-electron chi connectivity index (χ0n) is 15.0. The molecule has 1 aliphatic rings. The van der Waals surface area contributed by atoms with E-state index in [1.54, 1.807) is 18.4 Å². The quantitative estimate of drug-likeness (QED) is 0.239. The van der Waals surface area contributed by atoms with Crippen LogP contribution in [0.15, 0.2) is 22.5 Å². The maximum Gasteiger partial charge on any atom is 0.389 e. The Morgan fingerprint density at radius 1 is 1.27 bits per heavy atom. The number of hydrogen-bond acceptors (Lipinski definition) is 3. The number of aliphatic imine (C=N–C) groups is 1. The Morgan fingerprint density at radius 3 is 2.58 bits per heavy atom. The molecule has 26 heavy (non-hydrogen) atoms. The van der Waals surface area contributed by atoms with Crippen molar-refractivity contribution in [3.63, 3.8) is 0 Å². The van der Waals surface area contributed by atoms with Gasteiger partial charge in [0.1, 0.15) is 0 Å². The van der Waals surface area contributed by atoms with Gasteiger partial charge in [-0.1, -0.05) is 6.07 Å². The largest absolute Gasteiger partial charge is 0.389 e. The molecule has 1 saturated heterocycles. The molecule has 0 saturated carbocycles. The summed E-state index contributed by atoms with van der Waals surface area (Å²) in [5.41, 5.74) is 0. The summed E-state index contributed by atoms with van der Waals surface area (Å²) in [6.07, 6.45) is -1.72. The lowest BCUT2D eigenvalue weighted by Gasteiger charge is -2.27. The highest BCUT2D eigenvalue weighted by Gasteiger charge is 2.26. The Bertz CT molecular complexity index is 517. The van der Waals surface area contributed by atoms with E-state index in [9.17, 15) is 13.2 Å². The lowest BCUT2D eigenvalue weighted by Crippen LogP contribution is -2.42. The molecule has 0 spiro atoms. The van der Waals surface area contributed by atoms with Crippen molar-refractivity contribution in [1.82, 2.24) is 15.5 Å². The number of hydrogen-bond donors (Lipinski definition) is 2. The van der Waals surface area contributed by atoms with Crippen LogP contribution in [0.5, 0.6) is 0 Å². The highest BCUT2D eigenvalue weighted by Crippen LogP contribution is 2.27. The number of thiophene rings is 1. The molecule has 4 nitrogen and oxygen atoms in total. The number of guanidine groups is 1. The zero-order chi connectivity index (χ0) is 18.1. The van der Waals surface area contributed by atoms with Gasteiger partial charge in [-0.15, -0.1) is 35.3 Å². The SMILES string of the molecule is CN=C(NCCCCC(F)(F)F)NCC(c1cccs1)N1CCCC1.I. The van der Waals surface area contributed by atoms with Crippen LogP contribution in [0.25, 0.3) is 0 Å². The molecular formula is C17H28F3IN4S. The second-order valence-electron chi connectivity index (χ2n) is 6.23. The number of nitrogens with one attached hydrogen (secondary N) is 2. The summed E-state index contributed by atoms with van der Waals surface area (Å²) < 4.78 is 36.4. The van der Waals surface area contributed by atoms with Crippen LogP contribution < -0.4 is 10.6 Å². The van der Waals surface area contributed by atoms with Crippen LogP contribution >= 0.6 is 35.3 Å². The minimum absolute atomic E-state index is 0. The van der Waals surface area contributed by atoms with Crippen molar-refractivity contribution >= 4 is 41.3 Å². The molecule has 1 fully saturated rings. The van der Waals surface area contributed by atoms with E-state index in [4.69, 9.17) is 0 Å². The third-order valence-corrected chi connectivity index (χ3v) is 5.29. The third-order valence-electron chi connectivity index (χ3n) is 4.32. The highest BCUT2D eigenvalue weighted by atomic mass is 127. The molecule has 9 heteroatoms. The average Bonchev–Trinajstić information content (AvgIpc) is 3.26. The Kier molecular flexibility index (Phi) is 10.9. The van der Waals surface area contributed by atoms with Gasteiger partial charge in [0.2, 0.25) is 0 Å². The van der Waals surface area contributed by atoms with Crippen LogP contribution in [0.2, 0.25) is 0 Å². The maximum atomic E-state index is 12.1. The van der Waals surface area contributed by atoms with Gasteiger partial charge in [0.15, 0.2) is 5.96 Å². The van der Waals surface area contributed by atoms with Crippen LogP contribution in [-0.2, 0) is 0 Å². The molecule has 0 aromatic carbocycles. The lowest BCUT2D eigenvalue weighted by molar-refractivity contribution is -0.135. The number of likely N-dealkylation sites (tertiary alicyclic amines) is 1. The predicted molar refractivity (Wildman–Crippen MR) is 113 cm³/mol. The normalized spacial score (nSPS) is 17.0. The van der Waals surface area contributed by atoms with E-state index < -0.39 is 12.6 Å². The van der Waals surface area contributed by atoms with Crippen LogP contribution in [0.1, 0.15) is 43.0 Å². The van der Waals surface area contributed by atoms with E-state index in [0.29, 0.717) is 25.0 Å². The smallest absolute Gasteiger partial charge is 0.356 e. The summed E-state index contributed by atoms with van der Waals surface area (Å²) in [5, 5.41) is 8.52. The Morgan fingerprint density at radius 2 is 2.00 bits per heavy atom. The second-order valence-corrected chi connectivity index (χ2v) is 7.21. The van der Waals surface area contributed by atoms with Crippen molar-refractivity contribution in [2.75, 3.05) is 33.2 Å². The van der Waals surface area contributed by atoms with E-state index in [1.807, 2.05) is 0 Å². The number of nitrogens with zero attached hydrogens (tertiary/aromatic N) is 2. The minimum Gasteiger partial charge on any atom is -0.356 e. The molecule has 0 amide bonds. The topological polar surface area (TPSA) is 39.7 Å². The van der Waals surface area contributed by atoms with Gasteiger partial charge in [-0.3, -0.25) is 9.89 Å². The fourth-order valence-electron chi connectivity index (χ4n) is 3.01. The third kappa shape index (κ3) is 8.43. The summed E-state index contributed by atoms with van der Waals surface area (Å²) >= 11 is 1.76. The first-order chi connectivity index (χ1) is 12.0. The van der Waals surface area contributed by atoms with Gasteiger partial charge in [0, 0.05) is 31.4 Å². The van der Waals surface area contributed by atoms with Gasteiger partial charge in [-0.05, 0) is 50.2 Å². The van der Waals surface area contributed by atoms with Crippen molar-refractivity contribution in [3.8, 4) is 0 Å². The zero-order valence-corrected chi connectivity index (χ0v) is 18.2. The summed E-state index contributed by atoms with van der Waals surface area (Å²) in [5.74, 6) is 0.646.